The average Bonchev–Trinajstić information content (AvgIpc) is 2.15. The maximum absolute atomic E-state index is 12.2. The van der Waals surface area contributed by atoms with Gasteiger partial charge >= 0.3 is 6.18 Å². The molecule has 0 heterocycles. The molecular weight excluding hydrogens is 277 g/mol. The number of alkyl halides is 3. The highest BCUT2D eigenvalue weighted by Gasteiger charge is 2.29. The second-order valence-corrected chi connectivity index (χ2v) is 6.02. The summed E-state index contributed by atoms with van der Waals surface area (Å²) in [7, 11) is 1.15. The highest BCUT2D eigenvalue weighted by Crippen LogP contribution is 2.29. The second-order valence-electron chi connectivity index (χ2n) is 3.35. The van der Waals surface area contributed by atoms with Crippen LogP contribution in [-0.4, -0.2) is 8.42 Å². The molecule has 0 fully saturated rings. The highest BCUT2D eigenvalue weighted by molar-refractivity contribution is 8.16. The zero-order valence-corrected chi connectivity index (χ0v) is 10.0. The first-order valence-corrected chi connectivity index (χ1v) is 6.70. The minimum atomic E-state index is -4.41. The SMILES string of the molecule is C=C(Cc1ccc(C(F)(F)F)cc1)S(=O)(=O)Cl. The van der Waals surface area contributed by atoms with Crippen LogP contribution in [0.1, 0.15) is 11.1 Å². The predicted octanol–water partition coefficient (Wildman–Crippen LogP) is 3.33. The van der Waals surface area contributed by atoms with Gasteiger partial charge < -0.3 is 0 Å². The largest absolute Gasteiger partial charge is 0.416 e. The van der Waals surface area contributed by atoms with Crippen molar-refractivity contribution in [2.75, 3.05) is 0 Å². The number of rotatable bonds is 3. The number of halogens is 4. The van der Waals surface area contributed by atoms with Crippen molar-refractivity contribution in [2.24, 2.45) is 0 Å². The fourth-order valence-corrected chi connectivity index (χ4v) is 1.63. The molecule has 0 atom stereocenters. The van der Waals surface area contributed by atoms with Crippen molar-refractivity contribution in [1.82, 2.24) is 0 Å². The van der Waals surface area contributed by atoms with E-state index in [1.807, 2.05) is 0 Å². The second kappa shape index (κ2) is 4.70. The molecule has 0 aliphatic heterocycles. The summed E-state index contributed by atoms with van der Waals surface area (Å²) in [6.07, 6.45) is -4.52. The van der Waals surface area contributed by atoms with Gasteiger partial charge in [-0.25, -0.2) is 8.42 Å². The molecule has 0 aromatic heterocycles. The number of allylic oxidation sites excluding steroid dienone is 1. The zero-order chi connectivity index (χ0) is 13.3. The summed E-state index contributed by atoms with van der Waals surface area (Å²) in [6, 6.07) is 4.14. The molecule has 1 aromatic carbocycles. The van der Waals surface area contributed by atoms with Crippen LogP contribution < -0.4 is 0 Å². The van der Waals surface area contributed by atoms with E-state index in [1.54, 1.807) is 0 Å². The maximum atomic E-state index is 12.2. The summed E-state index contributed by atoms with van der Waals surface area (Å²) >= 11 is 0. The summed E-state index contributed by atoms with van der Waals surface area (Å²) in [4.78, 5) is -0.251. The Morgan fingerprint density at radius 1 is 1.24 bits per heavy atom. The molecule has 0 spiro atoms. The Bertz CT molecular complexity index is 517. The molecule has 1 aromatic rings. The average molecular weight is 285 g/mol. The molecular formula is C10H8ClF3O2S. The Balaban J connectivity index is 2.87. The lowest BCUT2D eigenvalue weighted by molar-refractivity contribution is -0.137. The predicted molar refractivity (Wildman–Crippen MR) is 59.1 cm³/mol. The maximum Gasteiger partial charge on any atom is 0.416 e. The van der Waals surface area contributed by atoms with Crippen LogP contribution >= 0.6 is 10.7 Å². The first-order chi connectivity index (χ1) is 7.60. The van der Waals surface area contributed by atoms with Gasteiger partial charge in [-0.05, 0) is 17.7 Å². The van der Waals surface area contributed by atoms with Gasteiger partial charge in [0.1, 0.15) is 0 Å². The van der Waals surface area contributed by atoms with Crippen LogP contribution in [0.5, 0.6) is 0 Å². The zero-order valence-electron chi connectivity index (χ0n) is 8.46. The van der Waals surface area contributed by atoms with E-state index in [0.29, 0.717) is 5.56 Å². The van der Waals surface area contributed by atoms with E-state index in [2.05, 4.69) is 6.58 Å². The van der Waals surface area contributed by atoms with E-state index in [4.69, 9.17) is 10.7 Å². The van der Waals surface area contributed by atoms with Gasteiger partial charge in [0.05, 0.1) is 10.5 Å². The minimum absolute atomic E-state index is 0.107. The molecule has 0 unspecified atom stereocenters. The summed E-state index contributed by atoms with van der Waals surface area (Å²) in [5.74, 6) is 0. The molecule has 0 radical (unpaired) electrons. The van der Waals surface area contributed by atoms with Crippen LogP contribution in [0.25, 0.3) is 0 Å². The van der Waals surface area contributed by atoms with Crippen molar-refractivity contribution in [2.45, 2.75) is 12.6 Å². The normalized spacial score (nSPS) is 12.5. The van der Waals surface area contributed by atoms with Crippen molar-refractivity contribution < 1.29 is 21.6 Å². The topological polar surface area (TPSA) is 34.1 Å². The van der Waals surface area contributed by atoms with Gasteiger partial charge in [-0.1, -0.05) is 18.7 Å². The van der Waals surface area contributed by atoms with Gasteiger partial charge in [0.15, 0.2) is 0 Å². The molecule has 0 aliphatic carbocycles. The summed E-state index contributed by atoms with van der Waals surface area (Å²) < 4.78 is 58.4. The third-order valence-corrected chi connectivity index (χ3v) is 3.52. The van der Waals surface area contributed by atoms with E-state index < -0.39 is 20.8 Å². The lowest BCUT2D eigenvalue weighted by Gasteiger charge is -2.07. The fourth-order valence-electron chi connectivity index (χ4n) is 1.13. The lowest BCUT2D eigenvalue weighted by atomic mass is 10.1. The third-order valence-electron chi connectivity index (χ3n) is 2.03. The Morgan fingerprint density at radius 3 is 2.06 bits per heavy atom. The monoisotopic (exact) mass is 284 g/mol. The van der Waals surface area contributed by atoms with Crippen LogP contribution in [0, 0.1) is 0 Å². The quantitative estimate of drug-likeness (QED) is 0.798. The van der Waals surface area contributed by atoms with Crippen LogP contribution in [0.2, 0.25) is 0 Å². The number of hydrogen-bond acceptors (Lipinski definition) is 2. The smallest absolute Gasteiger partial charge is 0.207 e. The molecule has 1 rings (SSSR count). The highest BCUT2D eigenvalue weighted by atomic mass is 35.7. The molecule has 0 amide bonds. The molecule has 0 bridgehead atoms. The molecule has 7 heteroatoms. The summed E-state index contributed by atoms with van der Waals surface area (Å²) in [5.41, 5.74) is -0.396. The van der Waals surface area contributed by atoms with Gasteiger partial charge in [0, 0.05) is 17.1 Å². The Kier molecular flexibility index (Phi) is 3.88. The van der Waals surface area contributed by atoms with E-state index in [1.165, 1.54) is 12.1 Å². The summed E-state index contributed by atoms with van der Waals surface area (Å²) in [6.45, 7) is 3.25. The van der Waals surface area contributed by atoms with Crippen molar-refractivity contribution in [1.29, 1.82) is 0 Å². The molecule has 17 heavy (non-hydrogen) atoms. The molecule has 0 aliphatic rings. The molecule has 0 saturated carbocycles. The third kappa shape index (κ3) is 4.05. The first kappa shape index (κ1) is 14.1. The van der Waals surface area contributed by atoms with E-state index in [9.17, 15) is 21.6 Å². The fraction of sp³-hybridized carbons (Fsp3) is 0.200. The molecule has 0 N–H and O–H groups in total. The van der Waals surface area contributed by atoms with Crippen molar-refractivity contribution in [3.8, 4) is 0 Å². The van der Waals surface area contributed by atoms with E-state index >= 15 is 0 Å². The van der Waals surface area contributed by atoms with Gasteiger partial charge in [-0.3, -0.25) is 0 Å². The van der Waals surface area contributed by atoms with Crippen molar-refractivity contribution >= 4 is 19.7 Å². The van der Waals surface area contributed by atoms with Gasteiger partial charge in [0.25, 0.3) is 9.05 Å². The molecule has 94 valence electrons. The van der Waals surface area contributed by atoms with Crippen LogP contribution in [0.3, 0.4) is 0 Å². The van der Waals surface area contributed by atoms with Crippen molar-refractivity contribution in [3.63, 3.8) is 0 Å². The van der Waals surface area contributed by atoms with Crippen LogP contribution in [0.4, 0.5) is 13.2 Å². The van der Waals surface area contributed by atoms with E-state index in [0.717, 1.165) is 12.1 Å². The van der Waals surface area contributed by atoms with Gasteiger partial charge in [0.2, 0.25) is 0 Å². The van der Waals surface area contributed by atoms with Gasteiger partial charge in [-0.15, -0.1) is 0 Å². The lowest BCUT2D eigenvalue weighted by Crippen LogP contribution is -2.05. The Labute approximate surface area is 101 Å². The summed E-state index contributed by atoms with van der Waals surface area (Å²) in [5, 5.41) is 0. The van der Waals surface area contributed by atoms with Crippen LogP contribution in [-0.2, 0) is 21.6 Å². The van der Waals surface area contributed by atoms with E-state index in [-0.39, 0.29) is 11.3 Å². The van der Waals surface area contributed by atoms with Gasteiger partial charge in [-0.2, -0.15) is 13.2 Å². The standard InChI is InChI=1S/C10H8ClF3O2S/c1-7(17(11,15)16)6-8-2-4-9(5-3-8)10(12,13)14/h2-5H,1,6H2. The Hall–Kier alpha value is -1.01. The number of hydrogen-bond donors (Lipinski definition) is 0. The minimum Gasteiger partial charge on any atom is -0.207 e. The van der Waals surface area contributed by atoms with Crippen molar-refractivity contribution in [3.05, 3.63) is 46.9 Å². The molecule has 2 nitrogen and oxygen atoms in total. The Morgan fingerprint density at radius 2 is 1.71 bits per heavy atom. The first-order valence-electron chi connectivity index (χ1n) is 4.39. The number of benzene rings is 1. The molecule has 0 saturated heterocycles. The van der Waals surface area contributed by atoms with Crippen LogP contribution in [0.15, 0.2) is 35.7 Å².